The van der Waals surface area contributed by atoms with E-state index in [9.17, 15) is 4.79 Å². The van der Waals surface area contributed by atoms with Crippen molar-refractivity contribution >= 4 is 18.4 Å². The smallest absolute Gasteiger partial charge is 0.339 e. The summed E-state index contributed by atoms with van der Waals surface area (Å²) in [4.78, 5) is 11.4. The van der Waals surface area contributed by atoms with Crippen LogP contribution in [-0.4, -0.2) is 37.9 Å². The van der Waals surface area contributed by atoms with Crippen molar-refractivity contribution in [1.82, 2.24) is 5.32 Å². The van der Waals surface area contributed by atoms with Crippen LogP contribution in [0.25, 0.3) is 0 Å². The van der Waals surface area contributed by atoms with E-state index in [2.05, 4.69) is 5.32 Å². The summed E-state index contributed by atoms with van der Waals surface area (Å²) in [7, 11) is 1.41. The minimum Gasteiger partial charge on any atom is -0.467 e. The fourth-order valence-corrected chi connectivity index (χ4v) is 1.96. The molecule has 0 aromatic heterocycles. The third-order valence-corrected chi connectivity index (χ3v) is 2.65. The van der Waals surface area contributed by atoms with Crippen LogP contribution >= 0.6 is 12.4 Å². The van der Waals surface area contributed by atoms with Crippen LogP contribution in [0.1, 0.15) is 12.8 Å². The lowest BCUT2D eigenvalue weighted by atomic mass is 9.96. The number of rotatable bonds is 1. The summed E-state index contributed by atoms with van der Waals surface area (Å²) in [5.41, 5.74) is -0.669. The normalized spacial score (nSPS) is 36.5. The number of methoxy groups -OCH3 is 1. The Bertz CT molecular complexity index is 208. The molecule has 2 unspecified atom stereocenters. The van der Waals surface area contributed by atoms with Gasteiger partial charge < -0.3 is 14.8 Å². The Balaban J connectivity index is 0.000000845. The van der Waals surface area contributed by atoms with Crippen molar-refractivity contribution in [3.05, 3.63) is 0 Å². The van der Waals surface area contributed by atoms with Crippen molar-refractivity contribution in [3.63, 3.8) is 0 Å². The van der Waals surface area contributed by atoms with Crippen molar-refractivity contribution in [2.75, 3.05) is 20.3 Å². The van der Waals surface area contributed by atoms with E-state index in [-0.39, 0.29) is 18.4 Å². The summed E-state index contributed by atoms with van der Waals surface area (Å²) in [5, 5.41) is 3.25. The zero-order valence-electron chi connectivity index (χ0n) is 7.54. The Hall–Kier alpha value is -0.320. The van der Waals surface area contributed by atoms with Gasteiger partial charge in [-0.15, -0.1) is 12.4 Å². The number of nitrogens with one attached hydrogen (secondary N) is 1. The predicted molar refractivity (Wildman–Crippen MR) is 49.0 cm³/mol. The van der Waals surface area contributed by atoms with Crippen LogP contribution < -0.4 is 5.32 Å². The van der Waals surface area contributed by atoms with Crippen molar-refractivity contribution in [2.24, 2.45) is 0 Å². The molecular formula is C8H14ClNO3. The summed E-state index contributed by atoms with van der Waals surface area (Å²) in [5.74, 6) is -0.239. The first-order valence-corrected chi connectivity index (χ1v) is 4.23. The maximum absolute atomic E-state index is 11.4. The van der Waals surface area contributed by atoms with Gasteiger partial charge >= 0.3 is 5.97 Å². The summed E-state index contributed by atoms with van der Waals surface area (Å²) in [6.07, 6.45) is 1.76. The average molecular weight is 208 g/mol. The first-order valence-electron chi connectivity index (χ1n) is 4.23. The van der Waals surface area contributed by atoms with E-state index in [1.54, 1.807) is 0 Å². The van der Waals surface area contributed by atoms with Crippen LogP contribution in [0.3, 0.4) is 0 Å². The fourth-order valence-electron chi connectivity index (χ4n) is 1.96. The standard InChI is InChI=1S/C8H13NO3.ClH/c1-11-7(10)8-4-6(9-5-8)2-3-12-8;/h6,9H,2-5H2,1H3;1H. The Labute approximate surface area is 83.4 Å². The largest absolute Gasteiger partial charge is 0.467 e. The Morgan fingerprint density at radius 2 is 2.46 bits per heavy atom. The van der Waals surface area contributed by atoms with E-state index >= 15 is 0 Å². The molecule has 2 fully saturated rings. The fraction of sp³-hybridized carbons (Fsp3) is 0.875. The molecule has 0 amide bonds. The van der Waals surface area contributed by atoms with Crippen LogP contribution in [0.4, 0.5) is 0 Å². The van der Waals surface area contributed by atoms with Gasteiger partial charge in [-0.3, -0.25) is 0 Å². The van der Waals surface area contributed by atoms with Gasteiger partial charge in [0.05, 0.1) is 7.11 Å². The van der Waals surface area contributed by atoms with Crippen LogP contribution in [0.2, 0.25) is 0 Å². The molecule has 0 spiro atoms. The number of halogens is 1. The summed E-state index contributed by atoms with van der Waals surface area (Å²) < 4.78 is 10.2. The number of carbonyl (C=O) groups is 1. The molecule has 2 heterocycles. The third kappa shape index (κ3) is 1.66. The minimum absolute atomic E-state index is 0. The topological polar surface area (TPSA) is 47.6 Å². The number of hydrogen-bond donors (Lipinski definition) is 1. The number of ether oxygens (including phenoxy) is 2. The van der Waals surface area contributed by atoms with Crippen LogP contribution in [0.15, 0.2) is 0 Å². The monoisotopic (exact) mass is 207 g/mol. The zero-order valence-corrected chi connectivity index (χ0v) is 8.36. The Morgan fingerprint density at radius 1 is 1.69 bits per heavy atom. The number of esters is 1. The second kappa shape index (κ2) is 3.82. The molecule has 2 bridgehead atoms. The number of carbonyl (C=O) groups excluding carboxylic acids is 1. The van der Waals surface area contributed by atoms with Gasteiger partial charge in [0.2, 0.25) is 0 Å². The van der Waals surface area contributed by atoms with Gasteiger partial charge in [-0.05, 0) is 6.42 Å². The van der Waals surface area contributed by atoms with Gasteiger partial charge in [0.25, 0.3) is 0 Å². The van der Waals surface area contributed by atoms with Crippen molar-refractivity contribution < 1.29 is 14.3 Å². The molecule has 2 saturated heterocycles. The molecule has 2 aliphatic rings. The molecule has 76 valence electrons. The van der Waals surface area contributed by atoms with Crippen LogP contribution in [-0.2, 0) is 14.3 Å². The molecule has 1 N–H and O–H groups in total. The van der Waals surface area contributed by atoms with E-state index in [1.165, 1.54) is 7.11 Å². The average Bonchev–Trinajstić information content (AvgIpc) is 2.42. The van der Waals surface area contributed by atoms with Gasteiger partial charge in [0, 0.05) is 25.6 Å². The molecule has 0 saturated carbocycles. The van der Waals surface area contributed by atoms with Gasteiger partial charge in [0.15, 0.2) is 5.60 Å². The Kier molecular flexibility index (Phi) is 3.16. The highest BCUT2D eigenvalue weighted by Gasteiger charge is 2.49. The highest BCUT2D eigenvalue weighted by Crippen LogP contribution is 2.31. The quantitative estimate of drug-likeness (QED) is 0.620. The van der Waals surface area contributed by atoms with Crippen LogP contribution in [0.5, 0.6) is 0 Å². The molecule has 4 nitrogen and oxygen atoms in total. The molecular weight excluding hydrogens is 194 g/mol. The van der Waals surface area contributed by atoms with Gasteiger partial charge in [-0.25, -0.2) is 4.79 Å². The van der Waals surface area contributed by atoms with Gasteiger partial charge in [-0.1, -0.05) is 0 Å². The second-order valence-corrected chi connectivity index (χ2v) is 3.40. The molecule has 13 heavy (non-hydrogen) atoms. The van der Waals surface area contributed by atoms with E-state index < -0.39 is 5.60 Å². The van der Waals surface area contributed by atoms with Crippen molar-refractivity contribution in [1.29, 1.82) is 0 Å². The molecule has 2 aliphatic heterocycles. The molecule has 2 atom stereocenters. The molecule has 0 aromatic rings. The lowest BCUT2D eigenvalue weighted by molar-refractivity contribution is -0.170. The summed E-state index contributed by atoms with van der Waals surface area (Å²) >= 11 is 0. The predicted octanol–water partition coefficient (Wildman–Crippen LogP) is 0.102. The lowest BCUT2D eigenvalue weighted by Gasteiger charge is -2.29. The lowest BCUT2D eigenvalue weighted by Crippen LogP contribution is -2.45. The highest BCUT2D eigenvalue weighted by molar-refractivity contribution is 5.85. The van der Waals surface area contributed by atoms with Crippen LogP contribution in [0, 0.1) is 0 Å². The number of hydrogen-bond acceptors (Lipinski definition) is 4. The maximum atomic E-state index is 11.4. The van der Waals surface area contributed by atoms with Gasteiger partial charge in [0.1, 0.15) is 0 Å². The SMILES string of the molecule is COC(=O)C12CNC(CCO1)C2.Cl. The van der Waals surface area contributed by atoms with Crippen molar-refractivity contribution in [3.8, 4) is 0 Å². The maximum Gasteiger partial charge on any atom is 0.339 e. The Morgan fingerprint density at radius 3 is 3.15 bits per heavy atom. The zero-order chi connectivity index (χ0) is 8.60. The highest BCUT2D eigenvalue weighted by atomic mass is 35.5. The van der Waals surface area contributed by atoms with Gasteiger partial charge in [-0.2, -0.15) is 0 Å². The van der Waals surface area contributed by atoms with E-state index in [0.717, 1.165) is 12.8 Å². The molecule has 0 aromatic carbocycles. The summed E-state index contributed by atoms with van der Waals surface area (Å²) in [6, 6.07) is 0.442. The summed E-state index contributed by atoms with van der Waals surface area (Å²) in [6.45, 7) is 1.26. The van der Waals surface area contributed by atoms with E-state index in [4.69, 9.17) is 9.47 Å². The molecule has 2 rings (SSSR count). The number of fused-ring (bicyclic) bond motifs is 2. The molecule has 0 radical (unpaired) electrons. The van der Waals surface area contributed by atoms with Crippen molar-refractivity contribution in [2.45, 2.75) is 24.5 Å². The minimum atomic E-state index is -0.669. The molecule has 0 aliphatic carbocycles. The first kappa shape index (κ1) is 10.8. The van der Waals surface area contributed by atoms with E-state index in [1.807, 2.05) is 0 Å². The second-order valence-electron chi connectivity index (χ2n) is 3.40. The third-order valence-electron chi connectivity index (χ3n) is 2.65. The molecule has 5 heteroatoms. The van der Waals surface area contributed by atoms with E-state index in [0.29, 0.717) is 19.2 Å². The first-order chi connectivity index (χ1) is 5.77.